The first-order valence-corrected chi connectivity index (χ1v) is 6.54. The summed E-state index contributed by atoms with van der Waals surface area (Å²) in [6.07, 6.45) is 4.66. The number of hydrogen-bond acceptors (Lipinski definition) is 2. The van der Waals surface area contributed by atoms with Crippen molar-refractivity contribution in [1.29, 1.82) is 0 Å². The molecule has 19 heavy (non-hydrogen) atoms. The Balaban J connectivity index is 2.33. The largest absolute Gasteiger partial charge is 0.444 e. The Kier molecular flexibility index (Phi) is 5.61. The fourth-order valence-electron chi connectivity index (χ4n) is 1.48. The van der Waals surface area contributed by atoms with Gasteiger partial charge in [0.1, 0.15) is 5.60 Å². The zero-order valence-electron chi connectivity index (χ0n) is 12.2. The third kappa shape index (κ3) is 6.65. The smallest absolute Gasteiger partial charge is 0.410 e. The second kappa shape index (κ2) is 6.98. The van der Waals surface area contributed by atoms with Gasteiger partial charge in [0.2, 0.25) is 0 Å². The molecule has 1 aromatic carbocycles. The standard InChI is InChI=1S/C16H23NO2/c1-16(2,3)19-15(18)17(4)13-9-8-12-14-10-6-5-7-11-14/h5-8,10-12H,9,13H2,1-4H3/b12-8+. The normalized spacial score (nSPS) is 11.6. The lowest BCUT2D eigenvalue weighted by molar-refractivity contribution is 0.0302. The Labute approximate surface area is 115 Å². The van der Waals surface area contributed by atoms with E-state index in [2.05, 4.69) is 12.2 Å². The zero-order chi connectivity index (χ0) is 14.3. The van der Waals surface area contributed by atoms with Crippen LogP contribution in [-0.4, -0.2) is 30.2 Å². The van der Waals surface area contributed by atoms with Crippen LogP contribution in [0.5, 0.6) is 0 Å². The van der Waals surface area contributed by atoms with E-state index in [1.165, 1.54) is 5.56 Å². The first-order valence-electron chi connectivity index (χ1n) is 6.54. The second-order valence-electron chi connectivity index (χ2n) is 5.50. The van der Waals surface area contributed by atoms with Gasteiger partial charge >= 0.3 is 6.09 Å². The molecule has 3 heteroatoms. The van der Waals surface area contributed by atoms with Crippen LogP contribution in [0.3, 0.4) is 0 Å². The summed E-state index contributed by atoms with van der Waals surface area (Å²) in [4.78, 5) is 13.3. The van der Waals surface area contributed by atoms with Crippen LogP contribution in [0.1, 0.15) is 32.8 Å². The van der Waals surface area contributed by atoms with Crippen molar-refractivity contribution in [2.45, 2.75) is 32.8 Å². The number of rotatable bonds is 4. The second-order valence-corrected chi connectivity index (χ2v) is 5.50. The molecule has 0 saturated carbocycles. The highest BCUT2D eigenvalue weighted by Crippen LogP contribution is 2.09. The summed E-state index contributed by atoms with van der Waals surface area (Å²) in [5.74, 6) is 0. The molecule has 0 aliphatic rings. The van der Waals surface area contributed by atoms with Crippen LogP contribution in [0.25, 0.3) is 6.08 Å². The molecule has 1 rings (SSSR count). The van der Waals surface area contributed by atoms with Crippen LogP contribution in [0.4, 0.5) is 4.79 Å². The van der Waals surface area contributed by atoms with Crippen LogP contribution >= 0.6 is 0 Å². The van der Waals surface area contributed by atoms with Crippen LogP contribution in [0, 0.1) is 0 Å². The fourth-order valence-corrected chi connectivity index (χ4v) is 1.48. The van der Waals surface area contributed by atoms with E-state index in [1.54, 1.807) is 11.9 Å². The van der Waals surface area contributed by atoms with Gasteiger partial charge in [0.25, 0.3) is 0 Å². The molecule has 0 heterocycles. The number of amides is 1. The Morgan fingerprint density at radius 3 is 2.47 bits per heavy atom. The van der Waals surface area contributed by atoms with Gasteiger partial charge in [0.05, 0.1) is 0 Å². The maximum absolute atomic E-state index is 11.7. The molecule has 104 valence electrons. The number of carbonyl (C=O) groups excluding carboxylic acids is 1. The molecule has 0 N–H and O–H groups in total. The van der Waals surface area contributed by atoms with Crippen molar-refractivity contribution in [3.63, 3.8) is 0 Å². The molecule has 1 aromatic rings. The first kappa shape index (κ1) is 15.3. The number of ether oxygens (including phenoxy) is 1. The molecule has 0 aliphatic carbocycles. The molecule has 0 saturated heterocycles. The molecule has 0 bridgehead atoms. The van der Waals surface area contributed by atoms with Crippen LogP contribution in [0.2, 0.25) is 0 Å². The minimum absolute atomic E-state index is 0.277. The van der Waals surface area contributed by atoms with Gasteiger partial charge in [-0.25, -0.2) is 4.79 Å². The topological polar surface area (TPSA) is 29.5 Å². The lowest BCUT2D eigenvalue weighted by Crippen LogP contribution is -2.34. The minimum atomic E-state index is -0.439. The van der Waals surface area contributed by atoms with Crippen molar-refractivity contribution < 1.29 is 9.53 Å². The Bertz CT molecular complexity index is 418. The highest BCUT2D eigenvalue weighted by atomic mass is 16.6. The van der Waals surface area contributed by atoms with Crippen LogP contribution < -0.4 is 0 Å². The molecular formula is C16H23NO2. The Morgan fingerprint density at radius 1 is 1.26 bits per heavy atom. The van der Waals surface area contributed by atoms with Crippen molar-refractivity contribution >= 4 is 12.2 Å². The number of nitrogens with zero attached hydrogens (tertiary/aromatic N) is 1. The van der Waals surface area contributed by atoms with Gasteiger partial charge in [-0.1, -0.05) is 42.5 Å². The van der Waals surface area contributed by atoms with Gasteiger partial charge in [-0.2, -0.15) is 0 Å². The van der Waals surface area contributed by atoms with E-state index in [9.17, 15) is 4.79 Å². The summed E-state index contributed by atoms with van der Waals surface area (Å²) in [6.45, 7) is 6.26. The average molecular weight is 261 g/mol. The van der Waals surface area contributed by atoms with E-state index >= 15 is 0 Å². The molecule has 0 radical (unpaired) electrons. The van der Waals surface area contributed by atoms with E-state index in [4.69, 9.17) is 4.74 Å². The molecule has 0 aromatic heterocycles. The van der Waals surface area contributed by atoms with E-state index in [-0.39, 0.29) is 6.09 Å². The van der Waals surface area contributed by atoms with Gasteiger partial charge in [0, 0.05) is 13.6 Å². The van der Waals surface area contributed by atoms with Gasteiger partial charge in [-0.3, -0.25) is 0 Å². The minimum Gasteiger partial charge on any atom is -0.444 e. The van der Waals surface area contributed by atoms with Crippen molar-refractivity contribution in [3.05, 3.63) is 42.0 Å². The van der Waals surface area contributed by atoms with E-state index in [1.807, 2.05) is 51.1 Å². The van der Waals surface area contributed by atoms with Gasteiger partial charge in [-0.05, 0) is 32.8 Å². The van der Waals surface area contributed by atoms with Crippen LogP contribution in [-0.2, 0) is 4.74 Å². The van der Waals surface area contributed by atoms with Crippen molar-refractivity contribution in [3.8, 4) is 0 Å². The van der Waals surface area contributed by atoms with Crippen molar-refractivity contribution in [2.24, 2.45) is 0 Å². The predicted molar refractivity (Wildman–Crippen MR) is 79.0 cm³/mol. The maximum atomic E-state index is 11.7. The molecule has 0 fully saturated rings. The summed E-state index contributed by atoms with van der Waals surface area (Å²) >= 11 is 0. The highest BCUT2D eigenvalue weighted by Gasteiger charge is 2.18. The lowest BCUT2D eigenvalue weighted by atomic mass is 10.2. The average Bonchev–Trinajstić information content (AvgIpc) is 2.33. The molecule has 3 nitrogen and oxygen atoms in total. The molecule has 0 aliphatic heterocycles. The van der Waals surface area contributed by atoms with E-state index < -0.39 is 5.60 Å². The number of carbonyl (C=O) groups is 1. The molecule has 0 spiro atoms. The molecule has 0 unspecified atom stereocenters. The molecular weight excluding hydrogens is 238 g/mol. The fraction of sp³-hybridized carbons (Fsp3) is 0.438. The number of hydrogen-bond donors (Lipinski definition) is 0. The molecule has 1 amide bonds. The van der Waals surface area contributed by atoms with E-state index in [0.717, 1.165) is 6.42 Å². The van der Waals surface area contributed by atoms with Gasteiger partial charge in [0.15, 0.2) is 0 Å². The summed E-state index contributed by atoms with van der Waals surface area (Å²) in [6, 6.07) is 10.1. The third-order valence-corrected chi connectivity index (χ3v) is 2.45. The van der Waals surface area contributed by atoms with Crippen molar-refractivity contribution in [2.75, 3.05) is 13.6 Å². The predicted octanol–water partition coefficient (Wildman–Crippen LogP) is 3.96. The highest BCUT2D eigenvalue weighted by molar-refractivity contribution is 5.67. The number of benzene rings is 1. The van der Waals surface area contributed by atoms with Crippen LogP contribution in [0.15, 0.2) is 36.4 Å². The summed E-state index contributed by atoms with van der Waals surface area (Å²) in [5, 5.41) is 0. The molecule has 0 atom stereocenters. The van der Waals surface area contributed by atoms with Crippen molar-refractivity contribution in [1.82, 2.24) is 4.90 Å². The monoisotopic (exact) mass is 261 g/mol. The summed E-state index contributed by atoms with van der Waals surface area (Å²) < 4.78 is 5.28. The zero-order valence-corrected chi connectivity index (χ0v) is 12.2. The summed E-state index contributed by atoms with van der Waals surface area (Å²) in [7, 11) is 1.75. The van der Waals surface area contributed by atoms with Gasteiger partial charge in [-0.15, -0.1) is 0 Å². The maximum Gasteiger partial charge on any atom is 0.410 e. The third-order valence-electron chi connectivity index (χ3n) is 2.45. The quantitative estimate of drug-likeness (QED) is 0.821. The Hall–Kier alpha value is -1.77. The SMILES string of the molecule is CN(CC/C=C/c1ccccc1)C(=O)OC(C)(C)C. The van der Waals surface area contributed by atoms with E-state index in [0.29, 0.717) is 6.54 Å². The Morgan fingerprint density at radius 2 is 1.89 bits per heavy atom. The first-order chi connectivity index (χ1) is 8.88. The van der Waals surface area contributed by atoms with Gasteiger partial charge < -0.3 is 9.64 Å². The lowest BCUT2D eigenvalue weighted by Gasteiger charge is -2.24. The summed E-state index contributed by atoms with van der Waals surface area (Å²) in [5.41, 5.74) is 0.730.